The number of hydrogen-bond acceptors (Lipinski definition) is 5. The van der Waals surface area contributed by atoms with Crippen LogP contribution >= 0.6 is 11.6 Å². The van der Waals surface area contributed by atoms with Crippen LogP contribution in [0.15, 0.2) is 71.7 Å². The zero-order chi connectivity index (χ0) is 21.5. The Hall–Kier alpha value is -4.04. The fraction of sp³-hybridized carbons (Fsp3) is 0.0455. The molecule has 5 aromatic rings. The van der Waals surface area contributed by atoms with Gasteiger partial charge in [-0.2, -0.15) is 5.10 Å². The molecule has 9 heteroatoms. The molecule has 0 radical (unpaired) electrons. The minimum absolute atomic E-state index is 0.0802. The lowest BCUT2D eigenvalue weighted by molar-refractivity contribution is 0.101. The van der Waals surface area contributed by atoms with Crippen molar-refractivity contribution in [2.24, 2.45) is 0 Å². The predicted octanol–water partition coefficient (Wildman–Crippen LogP) is 3.45. The molecule has 0 atom stereocenters. The van der Waals surface area contributed by atoms with Gasteiger partial charge in [0.1, 0.15) is 5.52 Å². The maximum atomic E-state index is 13.0. The second-order valence-electron chi connectivity index (χ2n) is 6.91. The Balaban J connectivity index is 1.62. The lowest BCUT2D eigenvalue weighted by atomic mass is 10.1. The van der Waals surface area contributed by atoms with Crippen LogP contribution in [0.25, 0.3) is 27.8 Å². The summed E-state index contributed by atoms with van der Waals surface area (Å²) in [6.45, 7) is 1.88. The van der Waals surface area contributed by atoms with Crippen LogP contribution in [0.3, 0.4) is 0 Å². The molecule has 3 aromatic heterocycles. The summed E-state index contributed by atoms with van der Waals surface area (Å²) >= 11 is 6.07. The first-order valence-corrected chi connectivity index (χ1v) is 9.81. The number of aryl methyl sites for hydroxylation is 1. The van der Waals surface area contributed by atoms with Crippen molar-refractivity contribution < 1.29 is 4.79 Å². The molecular weight excluding hydrogens is 416 g/mol. The van der Waals surface area contributed by atoms with Gasteiger partial charge in [-0.25, -0.2) is 9.19 Å². The molecule has 0 aliphatic heterocycles. The van der Waals surface area contributed by atoms with Gasteiger partial charge in [-0.3, -0.25) is 15.0 Å². The molecule has 0 saturated heterocycles. The average molecular weight is 431 g/mol. The molecule has 2 aromatic carbocycles. The molecule has 0 unspecified atom stereocenters. The van der Waals surface area contributed by atoms with E-state index in [1.807, 2.05) is 37.3 Å². The molecule has 8 nitrogen and oxygen atoms in total. The number of nitrogens with zero attached hydrogens (tertiary/aromatic N) is 5. The largest absolute Gasteiger partial charge is 0.299 e. The van der Waals surface area contributed by atoms with Crippen LogP contribution in [0.4, 0.5) is 0 Å². The molecular formula is C22H15ClN6O2. The van der Waals surface area contributed by atoms with Gasteiger partial charge in [-0.05, 0) is 30.7 Å². The van der Waals surface area contributed by atoms with Crippen molar-refractivity contribution in [3.8, 4) is 11.1 Å². The molecule has 0 fully saturated rings. The summed E-state index contributed by atoms with van der Waals surface area (Å²) < 4.78 is 2.66. The molecule has 152 valence electrons. The quantitative estimate of drug-likeness (QED) is 0.473. The average Bonchev–Trinajstić information content (AvgIpc) is 3.12. The summed E-state index contributed by atoms with van der Waals surface area (Å²) in [7, 11) is 0. The predicted molar refractivity (Wildman–Crippen MR) is 118 cm³/mol. The maximum absolute atomic E-state index is 13.0. The van der Waals surface area contributed by atoms with Crippen LogP contribution in [0.1, 0.15) is 16.1 Å². The highest BCUT2D eigenvalue weighted by Crippen LogP contribution is 2.27. The fourth-order valence-corrected chi connectivity index (χ4v) is 3.72. The number of hydrogen-bond donors (Lipinski definition) is 1. The normalized spacial score (nSPS) is 11.2. The minimum Gasteiger partial charge on any atom is -0.267 e. The number of halogens is 1. The van der Waals surface area contributed by atoms with Gasteiger partial charge in [0.05, 0.1) is 21.8 Å². The second kappa shape index (κ2) is 7.33. The maximum Gasteiger partial charge on any atom is 0.299 e. The van der Waals surface area contributed by atoms with E-state index < -0.39 is 11.5 Å². The standard InChI is InChI=1S/C22H15ClN6O2/c1-13-18(14-7-3-2-4-8-14)20-25-24-19-17(29(20)26-13)11-12-28(22(19)31)27-21(30)15-9-5-6-10-16(15)23/h2-12H,1H3,(H,27,30). The summed E-state index contributed by atoms with van der Waals surface area (Å²) in [6, 6.07) is 18.0. The summed E-state index contributed by atoms with van der Waals surface area (Å²) in [5.74, 6) is -0.512. The molecule has 0 bridgehead atoms. The monoisotopic (exact) mass is 430 g/mol. The Morgan fingerprint density at radius 2 is 1.74 bits per heavy atom. The van der Waals surface area contributed by atoms with Gasteiger partial charge in [0.25, 0.3) is 11.5 Å². The summed E-state index contributed by atoms with van der Waals surface area (Å²) in [5.41, 5.74) is 5.97. The fourth-order valence-electron chi connectivity index (χ4n) is 3.50. The zero-order valence-electron chi connectivity index (χ0n) is 16.3. The van der Waals surface area contributed by atoms with E-state index in [-0.39, 0.29) is 16.1 Å². The SMILES string of the molecule is Cc1nn2c(nnc3c(=O)n(NC(=O)c4ccccc4Cl)ccc32)c1-c1ccccc1. The van der Waals surface area contributed by atoms with Crippen LogP contribution in [-0.2, 0) is 0 Å². The van der Waals surface area contributed by atoms with E-state index in [2.05, 4.69) is 20.7 Å². The first kappa shape index (κ1) is 19.0. The number of pyridine rings is 1. The van der Waals surface area contributed by atoms with E-state index in [0.29, 0.717) is 11.2 Å². The van der Waals surface area contributed by atoms with Gasteiger partial charge in [0.2, 0.25) is 0 Å². The van der Waals surface area contributed by atoms with Crippen LogP contribution in [-0.4, -0.2) is 30.4 Å². The lowest BCUT2D eigenvalue weighted by Crippen LogP contribution is -2.33. The molecule has 0 spiro atoms. The highest BCUT2D eigenvalue weighted by Gasteiger charge is 2.18. The van der Waals surface area contributed by atoms with Crippen LogP contribution < -0.4 is 11.0 Å². The molecule has 0 aliphatic carbocycles. The molecule has 3 heterocycles. The topological polar surface area (TPSA) is 94.2 Å². The number of carbonyl (C=O) groups is 1. The Bertz CT molecular complexity index is 1520. The van der Waals surface area contributed by atoms with E-state index in [1.165, 1.54) is 6.20 Å². The van der Waals surface area contributed by atoms with Crippen molar-refractivity contribution in [3.63, 3.8) is 0 Å². The Labute approximate surface area is 180 Å². The number of amides is 1. The van der Waals surface area contributed by atoms with Crippen molar-refractivity contribution >= 4 is 34.2 Å². The molecule has 31 heavy (non-hydrogen) atoms. The molecule has 5 rings (SSSR count). The Morgan fingerprint density at radius 1 is 1.00 bits per heavy atom. The van der Waals surface area contributed by atoms with Crippen LogP contribution in [0, 0.1) is 6.92 Å². The number of nitrogens with one attached hydrogen (secondary N) is 1. The number of carbonyl (C=O) groups excluding carboxylic acids is 1. The van der Waals surface area contributed by atoms with Gasteiger partial charge < -0.3 is 0 Å². The van der Waals surface area contributed by atoms with E-state index >= 15 is 0 Å². The summed E-state index contributed by atoms with van der Waals surface area (Å²) in [4.78, 5) is 25.5. The third-order valence-corrected chi connectivity index (χ3v) is 5.29. The Morgan fingerprint density at radius 3 is 2.52 bits per heavy atom. The van der Waals surface area contributed by atoms with Gasteiger partial charge in [-0.1, -0.05) is 54.1 Å². The summed E-state index contributed by atoms with van der Waals surface area (Å²) in [6.07, 6.45) is 1.46. The highest BCUT2D eigenvalue weighted by molar-refractivity contribution is 6.34. The Kier molecular flexibility index (Phi) is 4.48. The third-order valence-electron chi connectivity index (χ3n) is 4.96. The van der Waals surface area contributed by atoms with E-state index in [1.54, 1.807) is 34.8 Å². The van der Waals surface area contributed by atoms with E-state index in [4.69, 9.17) is 11.6 Å². The van der Waals surface area contributed by atoms with Gasteiger partial charge in [0, 0.05) is 6.20 Å². The second-order valence-corrected chi connectivity index (χ2v) is 7.31. The van der Waals surface area contributed by atoms with Crippen molar-refractivity contribution in [2.45, 2.75) is 6.92 Å². The van der Waals surface area contributed by atoms with Gasteiger partial charge in [-0.15, -0.1) is 10.2 Å². The first-order valence-electron chi connectivity index (χ1n) is 9.43. The zero-order valence-corrected chi connectivity index (χ0v) is 17.0. The van der Waals surface area contributed by atoms with Crippen LogP contribution in [0.5, 0.6) is 0 Å². The first-order chi connectivity index (χ1) is 15.0. The van der Waals surface area contributed by atoms with Crippen LogP contribution in [0.2, 0.25) is 5.02 Å². The number of aromatic nitrogens is 5. The molecule has 0 saturated carbocycles. The van der Waals surface area contributed by atoms with E-state index in [9.17, 15) is 9.59 Å². The molecule has 0 aliphatic rings. The molecule has 1 N–H and O–H groups in total. The lowest BCUT2D eigenvalue weighted by Gasteiger charge is -2.10. The van der Waals surface area contributed by atoms with E-state index in [0.717, 1.165) is 21.5 Å². The van der Waals surface area contributed by atoms with Gasteiger partial charge >= 0.3 is 0 Å². The highest BCUT2D eigenvalue weighted by atomic mass is 35.5. The molecule has 1 amide bonds. The number of fused-ring (bicyclic) bond motifs is 3. The van der Waals surface area contributed by atoms with Gasteiger partial charge in [0.15, 0.2) is 11.2 Å². The van der Waals surface area contributed by atoms with Crippen molar-refractivity contribution in [2.75, 3.05) is 5.43 Å². The van der Waals surface area contributed by atoms with Crippen molar-refractivity contribution in [1.29, 1.82) is 0 Å². The summed E-state index contributed by atoms with van der Waals surface area (Å²) in [5, 5.41) is 13.3. The smallest absolute Gasteiger partial charge is 0.267 e. The minimum atomic E-state index is -0.526. The number of rotatable bonds is 3. The number of benzene rings is 2. The third kappa shape index (κ3) is 3.13. The van der Waals surface area contributed by atoms with Crippen molar-refractivity contribution in [3.05, 3.63) is 93.5 Å². The van der Waals surface area contributed by atoms with Crippen molar-refractivity contribution in [1.82, 2.24) is 24.5 Å².